The Balaban J connectivity index is 3.05. The van der Waals surface area contributed by atoms with Crippen LogP contribution in [0.1, 0.15) is 41.4 Å². The zero-order valence-corrected chi connectivity index (χ0v) is 10.7. The zero-order chi connectivity index (χ0) is 13.0. The van der Waals surface area contributed by atoms with Gasteiger partial charge < -0.3 is 4.74 Å². The molecule has 94 valence electrons. The maximum Gasteiger partial charge on any atom is 0.344 e. The van der Waals surface area contributed by atoms with Crippen molar-refractivity contribution in [1.82, 2.24) is 9.78 Å². The van der Waals surface area contributed by atoms with Crippen molar-refractivity contribution in [2.24, 2.45) is 7.05 Å². The van der Waals surface area contributed by atoms with Gasteiger partial charge in [0.2, 0.25) is 0 Å². The van der Waals surface area contributed by atoms with Crippen LogP contribution < -0.4 is 5.56 Å². The van der Waals surface area contributed by atoms with Crippen LogP contribution in [0.4, 0.5) is 0 Å². The Labute approximate surface area is 100 Å². The molecule has 0 bridgehead atoms. The van der Waals surface area contributed by atoms with Crippen LogP contribution in [-0.2, 0) is 11.8 Å². The van der Waals surface area contributed by atoms with Gasteiger partial charge in [-0.2, -0.15) is 5.10 Å². The fraction of sp³-hybridized carbons (Fsp3) is 0.583. The lowest BCUT2D eigenvalue weighted by atomic mass is 10.1. The Bertz CT molecular complexity index is 477. The molecule has 0 unspecified atom stereocenters. The number of rotatable bonds is 4. The molecule has 1 aromatic heterocycles. The summed E-state index contributed by atoms with van der Waals surface area (Å²) in [5.41, 5.74) is 0.940. The highest BCUT2D eigenvalue weighted by atomic mass is 16.5. The monoisotopic (exact) mass is 238 g/mol. The lowest BCUT2D eigenvalue weighted by molar-refractivity contribution is 0.0495. The summed E-state index contributed by atoms with van der Waals surface area (Å²) in [6.45, 7) is 5.83. The third-order valence-electron chi connectivity index (χ3n) is 2.66. The van der Waals surface area contributed by atoms with Crippen LogP contribution in [0.5, 0.6) is 0 Å². The van der Waals surface area contributed by atoms with Crippen LogP contribution in [0.2, 0.25) is 0 Å². The van der Waals surface area contributed by atoms with Gasteiger partial charge in [0.1, 0.15) is 5.56 Å². The van der Waals surface area contributed by atoms with E-state index in [-0.39, 0.29) is 5.56 Å². The summed E-state index contributed by atoms with van der Waals surface area (Å²) in [7, 11) is 1.53. The van der Waals surface area contributed by atoms with Gasteiger partial charge in [0.25, 0.3) is 5.56 Å². The van der Waals surface area contributed by atoms with Crippen molar-refractivity contribution in [3.8, 4) is 0 Å². The molecular weight excluding hydrogens is 220 g/mol. The van der Waals surface area contributed by atoms with Crippen LogP contribution >= 0.6 is 0 Å². The fourth-order valence-corrected chi connectivity index (χ4v) is 1.47. The second kappa shape index (κ2) is 5.61. The Morgan fingerprint density at radius 2 is 2.06 bits per heavy atom. The van der Waals surface area contributed by atoms with Gasteiger partial charge >= 0.3 is 5.97 Å². The first-order valence-corrected chi connectivity index (χ1v) is 5.70. The average Bonchev–Trinajstić information content (AvgIpc) is 2.27. The Kier molecular flexibility index (Phi) is 4.43. The van der Waals surface area contributed by atoms with Crippen molar-refractivity contribution in [2.45, 2.75) is 33.6 Å². The Morgan fingerprint density at radius 1 is 1.41 bits per heavy atom. The fourth-order valence-electron chi connectivity index (χ4n) is 1.47. The molecule has 5 nitrogen and oxygen atoms in total. The Hall–Kier alpha value is -1.65. The largest absolute Gasteiger partial charge is 0.462 e. The SMILES string of the molecule is CCCCOC(=O)c1c(C)c(C)nn(C)c1=O. The van der Waals surface area contributed by atoms with Crippen LogP contribution in [0, 0.1) is 13.8 Å². The van der Waals surface area contributed by atoms with Crippen molar-refractivity contribution in [1.29, 1.82) is 0 Å². The van der Waals surface area contributed by atoms with Crippen LogP contribution in [-0.4, -0.2) is 22.4 Å². The van der Waals surface area contributed by atoms with Crippen molar-refractivity contribution in [3.05, 3.63) is 27.2 Å². The van der Waals surface area contributed by atoms with Gasteiger partial charge in [0.05, 0.1) is 12.3 Å². The highest BCUT2D eigenvalue weighted by molar-refractivity contribution is 5.90. The van der Waals surface area contributed by atoms with E-state index in [0.717, 1.165) is 12.8 Å². The number of carbonyl (C=O) groups is 1. The van der Waals surface area contributed by atoms with Crippen LogP contribution in [0.3, 0.4) is 0 Å². The topological polar surface area (TPSA) is 61.2 Å². The molecule has 0 aliphatic carbocycles. The van der Waals surface area contributed by atoms with E-state index in [0.29, 0.717) is 17.9 Å². The summed E-state index contributed by atoms with van der Waals surface area (Å²) in [5, 5.41) is 4.01. The second-order valence-corrected chi connectivity index (χ2v) is 4.00. The molecular formula is C12H18N2O3. The summed E-state index contributed by atoms with van der Waals surface area (Å²) in [5.74, 6) is -0.554. The van der Waals surface area contributed by atoms with Gasteiger partial charge in [-0.25, -0.2) is 9.48 Å². The third kappa shape index (κ3) is 2.93. The number of carbonyl (C=O) groups excluding carboxylic acids is 1. The molecule has 0 saturated carbocycles. The molecule has 0 aliphatic heterocycles. The summed E-state index contributed by atoms with van der Waals surface area (Å²) in [4.78, 5) is 23.6. The molecule has 17 heavy (non-hydrogen) atoms. The Morgan fingerprint density at radius 3 is 2.65 bits per heavy atom. The van der Waals surface area contributed by atoms with E-state index in [4.69, 9.17) is 4.74 Å². The third-order valence-corrected chi connectivity index (χ3v) is 2.66. The van der Waals surface area contributed by atoms with Crippen molar-refractivity contribution < 1.29 is 9.53 Å². The van der Waals surface area contributed by atoms with E-state index in [1.807, 2.05) is 6.92 Å². The highest BCUT2D eigenvalue weighted by Gasteiger charge is 2.18. The first kappa shape index (κ1) is 13.4. The summed E-state index contributed by atoms with van der Waals surface area (Å²) in [6.07, 6.45) is 1.74. The van der Waals surface area contributed by atoms with E-state index in [9.17, 15) is 9.59 Å². The molecule has 0 amide bonds. The first-order valence-electron chi connectivity index (χ1n) is 5.70. The van der Waals surface area contributed by atoms with Crippen molar-refractivity contribution in [3.63, 3.8) is 0 Å². The number of hydrogen-bond donors (Lipinski definition) is 0. The molecule has 1 aromatic rings. The van der Waals surface area contributed by atoms with E-state index >= 15 is 0 Å². The van der Waals surface area contributed by atoms with Crippen molar-refractivity contribution >= 4 is 5.97 Å². The molecule has 0 saturated heterocycles. The van der Waals surface area contributed by atoms with Gasteiger partial charge in [-0.05, 0) is 25.8 Å². The second-order valence-electron chi connectivity index (χ2n) is 4.00. The quantitative estimate of drug-likeness (QED) is 0.587. The molecule has 0 N–H and O–H groups in total. The normalized spacial score (nSPS) is 10.4. The number of aromatic nitrogens is 2. The summed E-state index contributed by atoms with van der Waals surface area (Å²) in [6, 6.07) is 0. The predicted molar refractivity (Wildman–Crippen MR) is 64.1 cm³/mol. The number of hydrogen-bond acceptors (Lipinski definition) is 4. The number of nitrogens with zero attached hydrogens (tertiary/aromatic N) is 2. The zero-order valence-electron chi connectivity index (χ0n) is 10.7. The van der Waals surface area contributed by atoms with Crippen LogP contribution in [0.15, 0.2) is 4.79 Å². The summed E-state index contributed by atoms with van der Waals surface area (Å²) < 4.78 is 6.23. The number of unbranched alkanes of at least 4 members (excludes halogenated alkanes) is 1. The molecule has 0 aromatic carbocycles. The minimum absolute atomic E-state index is 0.0936. The highest BCUT2D eigenvalue weighted by Crippen LogP contribution is 2.07. The molecule has 0 aliphatic rings. The van der Waals surface area contributed by atoms with Crippen LogP contribution in [0.25, 0.3) is 0 Å². The molecule has 5 heteroatoms. The standard InChI is InChI=1S/C12H18N2O3/c1-5-6-7-17-12(16)10-8(2)9(3)13-14(4)11(10)15/h5-7H2,1-4H3. The molecule has 0 fully saturated rings. The lowest BCUT2D eigenvalue weighted by Gasteiger charge is -2.09. The molecule has 0 spiro atoms. The number of aryl methyl sites for hydroxylation is 2. The van der Waals surface area contributed by atoms with Gasteiger partial charge in [-0.3, -0.25) is 4.79 Å². The maximum absolute atomic E-state index is 11.8. The van der Waals surface area contributed by atoms with Crippen molar-refractivity contribution in [2.75, 3.05) is 6.61 Å². The van der Waals surface area contributed by atoms with Gasteiger partial charge in [-0.1, -0.05) is 13.3 Å². The van der Waals surface area contributed by atoms with E-state index in [2.05, 4.69) is 5.10 Å². The number of ether oxygens (including phenoxy) is 1. The van der Waals surface area contributed by atoms with E-state index in [1.165, 1.54) is 11.7 Å². The predicted octanol–water partition coefficient (Wildman–Crippen LogP) is 1.35. The van der Waals surface area contributed by atoms with Gasteiger partial charge in [-0.15, -0.1) is 0 Å². The molecule has 1 heterocycles. The smallest absolute Gasteiger partial charge is 0.344 e. The molecule has 0 atom stereocenters. The van der Waals surface area contributed by atoms with Gasteiger partial charge in [0.15, 0.2) is 0 Å². The lowest BCUT2D eigenvalue weighted by Crippen LogP contribution is -2.30. The summed E-state index contributed by atoms with van der Waals surface area (Å²) >= 11 is 0. The number of esters is 1. The molecule has 1 rings (SSSR count). The maximum atomic E-state index is 11.8. The molecule has 0 radical (unpaired) electrons. The van der Waals surface area contributed by atoms with Gasteiger partial charge in [0, 0.05) is 7.05 Å². The minimum atomic E-state index is -0.554. The first-order chi connectivity index (χ1) is 7.99. The minimum Gasteiger partial charge on any atom is -0.462 e. The van der Waals surface area contributed by atoms with E-state index in [1.54, 1.807) is 13.8 Å². The average molecular weight is 238 g/mol. The van der Waals surface area contributed by atoms with E-state index < -0.39 is 11.5 Å².